The van der Waals surface area contributed by atoms with E-state index in [0.717, 1.165) is 11.4 Å². The van der Waals surface area contributed by atoms with Gasteiger partial charge in [0.2, 0.25) is 0 Å². The number of hydrogen-bond donors (Lipinski definition) is 1. The lowest BCUT2D eigenvalue weighted by Gasteiger charge is -2.19. The molecule has 0 bridgehead atoms. The Labute approximate surface area is 110 Å². The van der Waals surface area contributed by atoms with Gasteiger partial charge in [-0.3, -0.25) is 0 Å². The molecule has 2 aromatic rings. The molecule has 2 heterocycles. The van der Waals surface area contributed by atoms with E-state index in [1.165, 1.54) is 0 Å². The van der Waals surface area contributed by atoms with Crippen LogP contribution in [-0.2, 0) is 0 Å². The van der Waals surface area contributed by atoms with Crippen molar-refractivity contribution in [1.82, 2.24) is 4.98 Å². The first-order valence-electron chi connectivity index (χ1n) is 5.89. The van der Waals surface area contributed by atoms with E-state index in [1.54, 1.807) is 18.2 Å². The van der Waals surface area contributed by atoms with Crippen molar-refractivity contribution in [2.24, 2.45) is 0 Å². The molecule has 3 rings (SSSR count). The van der Waals surface area contributed by atoms with Crippen LogP contribution in [0.2, 0.25) is 0 Å². The average Bonchev–Trinajstić information content (AvgIpc) is 2.47. The predicted molar refractivity (Wildman–Crippen MR) is 69.7 cm³/mol. The summed E-state index contributed by atoms with van der Waals surface area (Å²) in [6.07, 6.45) is 0. The summed E-state index contributed by atoms with van der Waals surface area (Å²) in [7, 11) is 0. The standard InChI is InChI=1S/C14H11N3O2/c15-9-11-2-1-3-14(17-11)16-10-4-5-12-13(8-10)19-7-6-18-12/h1-5,8H,6-7H2,(H,16,17). The van der Waals surface area contributed by atoms with Crippen LogP contribution in [0.3, 0.4) is 0 Å². The van der Waals surface area contributed by atoms with Crippen molar-refractivity contribution in [3.8, 4) is 17.6 Å². The molecule has 19 heavy (non-hydrogen) atoms. The lowest BCUT2D eigenvalue weighted by Crippen LogP contribution is -2.15. The van der Waals surface area contributed by atoms with Crippen LogP contribution < -0.4 is 14.8 Å². The van der Waals surface area contributed by atoms with Crippen molar-refractivity contribution < 1.29 is 9.47 Å². The zero-order chi connectivity index (χ0) is 13.1. The zero-order valence-corrected chi connectivity index (χ0v) is 10.1. The Morgan fingerprint density at radius 2 is 1.95 bits per heavy atom. The van der Waals surface area contributed by atoms with Crippen molar-refractivity contribution in [1.29, 1.82) is 5.26 Å². The topological polar surface area (TPSA) is 67.2 Å². The number of rotatable bonds is 2. The lowest BCUT2D eigenvalue weighted by atomic mass is 10.2. The quantitative estimate of drug-likeness (QED) is 0.890. The maximum atomic E-state index is 8.81. The van der Waals surface area contributed by atoms with Gasteiger partial charge in [0.1, 0.15) is 30.8 Å². The Hall–Kier alpha value is -2.74. The van der Waals surface area contributed by atoms with E-state index in [0.29, 0.717) is 30.5 Å². The van der Waals surface area contributed by atoms with Crippen LogP contribution in [0.1, 0.15) is 5.69 Å². The molecule has 0 spiro atoms. The van der Waals surface area contributed by atoms with E-state index in [9.17, 15) is 0 Å². The number of pyridine rings is 1. The molecule has 0 fully saturated rings. The smallest absolute Gasteiger partial charge is 0.163 e. The molecule has 0 amide bonds. The van der Waals surface area contributed by atoms with Crippen molar-refractivity contribution in [3.05, 3.63) is 42.1 Å². The third-order valence-corrected chi connectivity index (χ3v) is 2.68. The Morgan fingerprint density at radius 1 is 1.11 bits per heavy atom. The van der Waals surface area contributed by atoms with E-state index in [2.05, 4.69) is 10.3 Å². The van der Waals surface area contributed by atoms with Crippen LogP contribution in [-0.4, -0.2) is 18.2 Å². The molecule has 5 nitrogen and oxygen atoms in total. The lowest BCUT2D eigenvalue weighted by molar-refractivity contribution is 0.171. The van der Waals surface area contributed by atoms with Crippen LogP contribution in [0.15, 0.2) is 36.4 Å². The second-order valence-electron chi connectivity index (χ2n) is 4.00. The third kappa shape index (κ3) is 2.43. The van der Waals surface area contributed by atoms with Gasteiger partial charge in [0, 0.05) is 11.8 Å². The van der Waals surface area contributed by atoms with Crippen LogP contribution in [0.4, 0.5) is 11.5 Å². The molecule has 1 aliphatic rings. The summed E-state index contributed by atoms with van der Waals surface area (Å²) >= 11 is 0. The van der Waals surface area contributed by atoms with Gasteiger partial charge in [-0.2, -0.15) is 5.26 Å². The molecule has 5 heteroatoms. The minimum Gasteiger partial charge on any atom is -0.486 e. The monoisotopic (exact) mass is 253 g/mol. The van der Waals surface area contributed by atoms with Gasteiger partial charge < -0.3 is 14.8 Å². The summed E-state index contributed by atoms with van der Waals surface area (Å²) < 4.78 is 11.0. The third-order valence-electron chi connectivity index (χ3n) is 2.68. The van der Waals surface area contributed by atoms with Gasteiger partial charge in [-0.1, -0.05) is 6.07 Å². The Bertz CT molecular complexity index is 649. The number of nitrogens with zero attached hydrogens (tertiary/aromatic N) is 2. The number of ether oxygens (including phenoxy) is 2. The van der Waals surface area contributed by atoms with Crippen molar-refractivity contribution in [3.63, 3.8) is 0 Å². The zero-order valence-electron chi connectivity index (χ0n) is 10.1. The largest absolute Gasteiger partial charge is 0.486 e. The molecule has 94 valence electrons. The first-order valence-corrected chi connectivity index (χ1v) is 5.89. The Morgan fingerprint density at radius 3 is 2.79 bits per heavy atom. The van der Waals surface area contributed by atoms with Crippen LogP contribution in [0.25, 0.3) is 0 Å². The fourth-order valence-corrected chi connectivity index (χ4v) is 1.84. The van der Waals surface area contributed by atoms with Gasteiger partial charge >= 0.3 is 0 Å². The molecule has 0 saturated heterocycles. The molecule has 1 aromatic carbocycles. The highest BCUT2D eigenvalue weighted by molar-refractivity contribution is 5.61. The molecule has 1 N–H and O–H groups in total. The number of anilines is 2. The van der Waals surface area contributed by atoms with E-state index in [-0.39, 0.29) is 0 Å². The van der Waals surface area contributed by atoms with E-state index in [4.69, 9.17) is 14.7 Å². The van der Waals surface area contributed by atoms with E-state index in [1.807, 2.05) is 24.3 Å². The highest BCUT2D eigenvalue weighted by Gasteiger charge is 2.11. The number of nitrogens with one attached hydrogen (secondary N) is 1. The second kappa shape index (κ2) is 4.86. The molecule has 0 unspecified atom stereocenters. The van der Waals surface area contributed by atoms with Gasteiger partial charge in [0.15, 0.2) is 11.5 Å². The first-order chi connectivity index (χ1) is 9.35. The van der Waals surface area contributed by atoms with E-state index < -0.39 is 0 Å². The van der Waals surface area contributed by atoms with Crippen LogP contribution in [0.5, 0.6) is 11.5 Å². The fraction of sp³-hybridized carbons (Fsp3) is 0.143. The number of aromatic nitrogens is 1. The fourth-order valence-electron chi connectivity index (χ4n) is 1.84. The van der Waals surface area contributed by atoms with Gasteiger partial charge in [-0.05, 0) is 24.3 Å². The highest BCUT2D eigenvalue weighted by Crippen LogP contribution is 2.33. The van der Waals surface area contributed by atoms with Crippen molar-refractivity contribution in [2.75, 3.05) is 18.5 Å². The summed E-state index contributed by atoms with van der Waals surface area (Å²) in [5.74, 6) is 2.08. The summed E-state index contributed by atoms with van der Waals surface area (Å²) in [6, 6.07) is 12.8. The van der Waals surface area contributed by atoms with Gasteiger partial charge in [-0.25, -0.2) is 4.98 Å². The number of nitriles is 1. The molecule has 0 aliphatic carbocycles. The van der Waals surface area contributed by atoms with Gasteiger partial charge in [-0.15, -0.1) is 0 Å². The molecule has 0 saturated carbocycles. The van der Waals surface area contributed by atoms with E-state index >= 15 is 0 Å². The Kier molecular flexibility index (Phi) is 2.91. The van der Waals surface area contributed by atoms with Crippen LogP contribution >= 0.6 is 0 Å². The molecular formula is C14H11N3O2. The minimum absolute atomic E-state index is 0.377. The predicted octanol–water partition coefficient (Wildman–Crippen LogP) is 2.47. The Balaban J connectivity index is 1.85. The first kappa shape index (κ1) is 11.4. The summed E-state index contributed by atoms with van der Waals surface area (Å²) in [4.78, 5) is 4.15. The van der Waals surface area contributed by atoms with Crippen molar-refractivity contribution >= 4 is 11.5 Å². The molecule has 1 aliphatic heterocycles. The molecule has 0 atom stereocenters. The number of fused-ring (bicyclic) bond motifs is 1. The van der Waals surface area contributed by atoms with Crippen LogP contribution in [0, 0.1) is 11.3 Å². The maximum Gasteiger partial charge on any atom is 0.163 e. The summed E-state index contributed by atoms with van der Waals surface area (Å²) in [6.45, 7) is 1.13. The average molecular weight is 253 g/mol. The van der Waals surface area contributed by atoms with Gasteiger partial charge in [0.25, 0.3) is 0 Å². The minimum atomic E-state index is 0.377. The molecule has 0 radical (unpaired) electrons. The van der Waals surface area contributed by atoms with Gasteiger partial charge in [0.05, 0.1) is 0 Å². The summed E-state index contributed by atoms with van der Waals surface area (Å²) in [5, 5.41) is 11.9. The maximum absolute atomic E-state index is 8.81. The number of hydrogen-bond acceptors (Lipinski definition) is 5. The highest BCUT2D eigenvalue weighted by atomic mass is 16.6. The van der Waals surface area contributed by atoms with Crippen molar-refractivity contribution in [2.45, 2.75) is 0 Å². The normalized spacial score (nSPS) is 12.6. The second-order valence-corrected chi connectivity index (χ2v) is 4.00. The molecular weight excluding hydrogens is 242 g/mol. The number of benzene rings is 1. The summed E-state index contributed by atoms with van der Waals surface area (Å²) in [5.41, 5.74) is 1.22. The molecule has 1 aromatic heterocycles. The SMILES string of the molecule is N#Cc1cccc(Nc2ccc3c(c2)OCCO3)n1.